The van der Waals surface area contributed by atoms with Crippen LogP contribution in [0.15, 0.2) is 34.1 Å². The number of halogens is 2. The van der Waals surface area contributed by atoms with Crippen LogP contribution in [0.3, 0.4) is 0 Å². The molecule has 29 heavy (non-hydrogen) atoms. The van der Waals surface area contributed by atoms with Crippen molar-refractivity contribution in [3.8, 4) is 0 Å². The number of benzene rings is 1. The monoisotopic (exact) mass is 532 g/mol. The Labute approximate surface area is 194 Å². The number of guanidine groups is 1. The molecule has 0 spiro atoms. The van der Waals surface area contributed by atoms with Crippen molar-refractivity contribution < 1.29 is 0 Å². The summed E-state index contributed by atoms with van der Waals surface area (Å²) in [5.41, 5.74) is 1.14. The number of aryl methyl sites for hydroxylation is 2. The average molecular weight is 533 g/mol. The van der Waals surface area contributed by atoms with Crippen molar-refractivity contribution in [1.29, 1.82) is 0 Å². The van der Waals surface area contributed by atoms with Gasteiger partial charge in [0.25, 0.3) is 0 Å². The number of nitrogens with zero attached hydrogens (tertiary/aromatic N) is 4. The zero-order chi connectivity index (χ0) is 19.8. The van der Waals surface area contributed by atoms with Gasteiger partial charge in [0.2, 0.25) is 0 Å². The van der Waals surface area contributed by atoms with E-state index in [1.165, 1.54) is 0 Å². The lowest BCUT2D eigenvalue weighted by Crippen LogP contribution is -2.38. The van der Waals surface area contributed by atoms with Gasteiger partial charge in [-0.3, -0.25) is 9.56 Å². The summed E-state index contributed by atoms with van der Waals surface area (Å²) in [5.74, 6) is 1.71. The third-order valence-corrected chi connectivity index (χ3v) is 5.19. The molecule has 0 saturated heterocycles. The zero-order valence-electron chi connectivity index (χ0n) is 16.9. The first-order chi connectivity index (χ1) is 13.7. The van der Waals surface area contributed by atoms with E-state index in [0.29, 0.717) is 13.1 Å². The van der Waals surface area contributed by atoms with E-state index in [4.69, 9.17) is 11.6 Å². The van der Waals surface area contributed by atoms with Gasteiger partial charge in [-0.05, 0) is 44.2 Å². The molecule has 160 valence electrons. The molecule has 0 atom stereocenters. The van der Waals surface area contributed by atoms with Crippen molar-refractivity contribution >= 4 is 41.5 Å². The van der Waals surface area contributed by atoms with E-state index in [1.807, 2.05) is 35.8 Å². The van der Waals surface area contributed by atoms with Gasteiger partial charge in [-0.15, -0.1) is 24.0 Å². The van der Waals surface area contributed by atoms with Crippen LogP contribution in [0.1, 0.15) is 37.6 Å². The predicted octanol–water partition coefficient (Wildman–Crippen LogP) is 2.84. The maximum absolute atomic E-state index is 12.3. The lowest BCUT2D eigenvalue weighted by atomic mass is 10.1. The van der Waals surface area contributed by atoms with Gasteiger partial charge in [0.1, 0.15) is 5.82 Å². The van der Waals surface area contributed by atoms with Crippen molar-refractivity contribution in [2.75, 3.05) is 19.6 Å². The van der Waals surface area contributed by atoms with Gasteiger partial charge >= 0.3 is 5.69 Å². The van der Waals surface area contributed by atoms with Crippen LogP contribution in [-0.4, -0.2) is 39.9 Å². The topological polar surface area (TPSA) is 76.2 Å². The van der Waals surface area contributed by atoms with E-state index in [0.717, 1.165) is 74.1 Å². The molecule has 9 heteroatoms. The van der Waals surface area contributed by atoms with Crippen LogP contribution >= 0.6 is 35.6 Å². The molecule has 0 fully saturated rings. The number of aliphatic imine (C=N–C) groups is 1. The highest BCUT2D eigenvalue weighted by molar-refractivity contribution is 14.0. The van der Waals surface area contributed by atoms with E-state index in [2.05, 4.69) is 20.7 Å². The Balaban J connectivity index is 0.00000300. The summed E-state index contributed by atoms with van der Waals surface area (Å²) in [7, 11) is 0. The molecule has 0 unspecified atom stereocenters. The van der Waals surface area contributed by atoms with Gasteiger partial charge in [-0.1, -0.05) is 29.8 Å². The lowest BCUT2D eigenvalue weighted by Gasteiger charge is -2.11. The maximum Gasteiger partial charge on any atom is 0.345 e. The highest BCUT2D eigenvalue weighted by Gasteiger charge is 2.16. The van der Waals surface area contributed by atoms with Gasteiger partial charge in [-0.2, -0.15) is 5.10 Å². The minimum atomic E-state index is 0. The Bertz CT molecular complexity index is 863. The van der Waals surface area contributed by atoms with Crippen LogP contribution in [0.4, 0.5) is 0 Å². The molecule has 0 radical (unpaired) electrons. The quantitative estimate of drug-likeness (QED) is 0.237. The smallest absolute Gasteiger partial charge is 0.345 e. The van der Waals surface area contributed by atoms with Crippen molar-refractivity contribution in [3.63, 3.8) is 0 Å². The second-order valence-electron chi connectivity index (χ2n) is 6.91. The number of rotatable bonds is 8. The molecular weight excluding hydrogens is 503 g/mol. The summed E-state index contributed by atoms with van der Waals surface area (Å²) in [6.07, 6.45) is 4.69. The molecule has 7 nitrogen and oxygen atoms in total. The normalized spacial score (nSPS) is 13.5. The van der Waals surface area contributed by atoms with Crippen molar-refractivity contribution in [3.05, 3.63) is 51.2 Å². The van der Waals surface area contributed by atoms with Gasteiger partial charge in [0.15, 0.2) is 5.96 Å². The maximum atomic E-state index is 12.3. The molecule has 2 heterocycles. The SMILES string of the molecule is CCNC(=NCCCn1nc2n(c1=O)CCCC2)NCCc1ccccc1Cl.I. The fourth-order valence-corrected chi connectivity index (χ4v) is 3.59. The Kier molecular flexibility index (Phi) is 9.99. The van der Waals surface area contributed by atoms with E-state index in [-0.39, 0.29) is 29.7 Å². The number of nitrogens with one attached hydrogen (secondary N) is 2. The number of hydrogen-bond donors (Lipinski definition) is 2. The zero-order valence-corrected chi connectivity index (χ0v) is 20.0. The number of aromatic nitrogens is 3. The first-order valence-corrected chi connectivity index (χ1v) is 10.5. The van der Waals surface area contributed by atoms with Crippen LogP contribution < -0.4 is 16.3 Å². The predicted molar refractivity (Wildman–Crippen MR) is 129 cm³/mol. The summed E-state index contributed by atoms with van der Waals surface area (Å²) in [5, 5.41) is 11.8. The van der Waals surface area contributed by atoms with E-state index in [1.54, 1.807) is 4.68 Å². The van der Waals surface area contributed by atoms with Gasteiger partial charge in [-0.25, -0.2) is 9.48 Å². The summed E-state index contributed by atoms with van der Waals surface area (Å²) in [6.45, 7) is 5.62. The van der Waals surface area contributed by atoms with Crippen LogP contribution in [0.5, 0.6) is 0 Å². The molecule has 0 bridgehead atoms. The summed E-state index contributed by atoms with van der Waals surface area (Å²) >= 11 is 6.20. The molecule has 1 aliphatic heterocycles. The Morgan fingerprint density at radius 2 is 2.10 bits per heavy atom. The van der Waals surface area contributed by atoms with Gasteiger partial charge in [0, 0.05) is 44.2 Å². The molecule has 2 aromatic rings. The number of fused-ring (bicyclic) bond motifs is 1. The van der Waals surface area contributed by atoms with E-state index in [9.17, 15) is 4.79 Å². The fourth-order valence-electron chi connectivity index (χ4n) is 3.36. The highest BCUT2D eigenvalue weighted by Crippen LogP contribution is 2.14. The second-order valence-corrected chi connectivity index (χ2v) is 7.32. The van der Waals surface area contributed by atoms with Crippen molar-refractivity contribution in [2.45, 2.75) is 52.1 Å². The average Bonchev–Trinajstić information content (AvgIpc) is 3.02. The lowest BCUT2D eigenvalue weighted by molar-refractivity contribution is 0.509. The molecule has 0 amide bonds. The van der Waals surface area contributed by atoms with E-state index >= 15 is 0 Å². The largest absolute Gasteiger partial charge is 0.357 e. The van der Waals surface area contributed by atoms with Crippen LogP contribution in [0.2, 0.25) is 5.02 Å². The molecule has 1 aromatic carbocycles. The van der Waals surface area contributed by atoms with Crippen molar-refractivity contribution in [1.82, 2.24) is 25.0 Å². The summed E-state index contributed by atoms with van der Waals surface area (Å²) in [6, 6.07) is 7.88. The first-order valence-electron chi connectivity index (χ1n) is 10.1. The van der Waals surface area contributed by atoms with Gasteiger partial charge < -0.3 is 10.6 Å². The third-order valence-electron chi connectivity index (χ3n) is 4.82. The molecule has 0 aliphatic carbocycles. The van der Waals surface area contributed by atoms with Crippen LogP contribution in [-0.2, 0) is 25.9 Å². The van der Waals surface area contributed by atoms with Crippen LogP contribution in [0, 0.1) is 0 Å². The summed E-state index contributed by atoms with van der Waals surface area (Å²) < 4.78 is 3.40. The molecule has 0 saturated carbocycles. The molecular formula is C20H30ClIN6O. The van der Waals surface area contributed by atoms with Gasteiger partial charge in [0.05, 0.1) is 0 Å². The Morgan fingerprint density at radius 3 is 2.86 bits per heavy atom. The first kappa shape index (κ1) is 23.7. The Hall–Kier alpha value is -1.55. The second kappa shape index (κ2) is 12.2. The Morgan fingerprint density at radius 1 is 1.28 bits per heavy atom. The minimum absolute atomic E-state index is 0. The molecule has 2 N–H and O–H groups in total. The third kappa shape index (κ3) is 6.74. The fraction of sp³-hybridized carbons (Fsp3) is 0.550. The summed E-state index contributed by atoms with van der Waals surface area (Å²) in [4.78, 5) is 16.9. The standard InChI is InChI=1S/C20H29ClN6O.HI/c1-2-22-19(24-13-11-16-8-3-4-9-17(16)21)23-12-7-15-27-20(28)26-14-6-5-10-18(26)25-27;/h3-4,8-9H,2,5-7,10-15H2,1H3,(H2,22,23,24);1H. The molecule has 3 rings (SSSR count). The molecule has 1 aromatic heterocycles. The molecule has 1 aliphatic rings. The minimum Gasteiger partial charge on any atom is -0.357 e. The number of hydrogen-bond acceptors (Lipinski definition) is 3. The van der Waals surface area contributed by atoms with Crippen LogP contribution in [0.25, 0.3) is 0 Å². The van der Waals surface area contributed by atoms with Crippen molar-refractivity contribution in [2.24, 2.45) is 4.99 Å². The highest BCUT2D eigenvalue weighted by atomic mass is 127. The van der Waals surface area contributed by atoms with E-state index < -0.39 is 0 Å².